The van der Waals surface area contributed by atoms with Crippen LogP contribution in [-0.2, 0) is 0 Å². The van der Waals surface area contributed by atoms with E-state index in [-0.39, 0.29) is 0 Å². The summed E-state index contributed by atoms with van der Waals surface area (Å²) in [7, 11) is 0. The topological polar surface area (TPSA) is 30.3 Å². The summed E-state index contributed by atoms with van der Waals surface area (Å²) in [6, 6.07) is 17.3. The summed E-state index contributed by atoms with van der Waals surface area (Å²) in [6.07, 6.45) is 2.59. The predicted octanol–water partition coefficient (Wildman–Crippen LogP) is 5.67. The number of likely N-dealkylation sites (tertiary alicyclic amines) is 1. The molecule has 0 amide bonds. The molecule has 0 bridgehead atoms. The van der Waals surface area contributed by atoms with Crippen LogP contribution in [0, 0.1) is 16.7 Å². The third-order valence-electron chi connectivity index (χ3n) is 5.64. The molecule has 2 aliphatic rings. The van der Waals surface area contributed by atoms with Crippen LogP contribution in [0.3, 0.4) is 0 Å². The predicted molar refractivity (Wildman–Crippen MR) is 113 cm³/mol. The lowest BCUT2D eigenvalue weighted by atomic mass is 9.84. The van der Waals surface area contributed by atoms with Gasteiger partial charge < -0.3 is 9.80 Å². The molecule has 1 atom stereocenters. The molecular weight excluding hydrogens is 350 g/mol. The number of fused-ring (bicyclic) bond motifs is 2. The molecular formula is C23H27N3S. The first-order chi connectivity index (χ1) is 13.0. The monoisotopic (exact) mass is 377 g/mol. The normalized spacial score (nSPS) is 19.7. The maximum Gasteiger partial charge on any atom is 0.0992 e. The van der Waals surface area contributed by atoms with Crippen molar-refractivity contribution in [1.82, 2.24) is 4.90 Å². The van der Waals surface area contributed by atoms with Gasteiger partial charge in [-0.25, -0.2) is 0 Å². The minimum Gasteiger partial charge on any atom is -0.335 e. The fourth-order valence-corrected chi connectivity index (χ4v) is 5.54. The van der Waals surface area contributed by atoms with Gasteiger partial charge in [0.15, 0.2) is 0 Å². The lowest BCUT2D eigenvalue weighted by Gasteiger charge is -2.43. The number of nitrogens with zero attached hydrogens (tertiary/aromatic N) is 3. The van der Waals surface area contributed by atoms with E-state index in [2.05, 4.69) is 73.0 Å². The molecule has 0 spiro atoms. The molecule has 2 aromatic rings. The minimum absolute atomic E-state index is 0.341. The number of piperidine rings is 1. The number of hydrogen-bond acceptors (Lipinski definition) is 4. The molecule has 2 aromatic carbocycles. The molecule has 0 saturated carbocycles. The van der Waals surface area contributed by atoms with Crippen LogP contribution in [0.2, 0.25) is 0 Å². The molecule has 140 valence electrons. The van der Waals surface area contributed by atoms with Crippen molar-refractivity contribution < 1.29 is 0 Å². The van der Waals surface area contributed by atoms with Crippen molar-refractivity contribution in [2.45, 2.75) is 49.4 Å². The van der Waals surface area contributed by atoms with Crippen molar-refractivity contribution in [3.05, 3.63) is 48.0 Å². The number of anilines is 2. The molecule has 3 nitrogen and oxygen atoms in total. The van der Waals surface area contributed by atoms with Crippen LogP contribution in [0.1, 0.15) is 39.2 Å². The Morgan fingerprint density at radius 1 is 1.15 bits per heavy atom. The first kappa shape index (κ1) is 18.4. The highest BCUT2D eigenvalue weighted by Crippen LogP contribution is 2.49. The molecule has 2 aliphatic heterocycles. The maximum absolute atomic E-state index is 9.39. The Bertz CT molecular complexity index is 883. The SMILES string of the molecule is CC(CN1CCCC(C)(C)C1)N1c2ccccc2Sc2ccc(C#N)cc21. The van der Waals surface area contributed by atoms with Crippen LogP contribution in [0.25, 0.3) is 0 Å². The van der Waals surface area contributed by atoms with Gasteiger partial charge in [0.1, 0.15) is 0 Å². The second-order valence-electron chi connectivity index (χ2n) is 8.59. The Hall–Kier alpha value is -1.96. The van der Waals surface area contributed by atoms with Crippen LogP contribution in [-0.4, -0.2) is 30.6 Å². The van der Waals surface area contributed by atoms with Crippen molar-refractivity contribution in [3.8, 4) is 6.07 Å². The molecule has 27 heavy (non-hydrogen) atoms. The molecule has 4 heteroatoms. The van der Waals surface area contributed by atoms with Gasteiger partial charge in [-0.1, -0.05) is 37.7 Å². The molecule has 1 unspecified atom stereocenters. The summed E-state index contributed by atoms with van der Waals surface area (Å²) in [4.78, 5) is 7.59. The molecule has 0 radical (unpaired) electrons. The average molecular weight is 378 g/mol. The maximum atomic E-state index is 9.39. The fraction of sp³-hybridized carbons (Fsp3) is 0.435. The second-order valence-corrected chi connectivity index (χ2v) is 9.67. The summed E-state index contributed by atoms with van der Waals surface area (Å²) in [6.45, 7) is 10.5. The first-order valence-corrected chi connectivity index (χ1v) is 10.6. The summed E-state index contributed by atoms with van der Waals surface area (Å²) < 4.78 is 0. The van der Waals surface area contributed by atoms with Gasteiger partial charge in [0.2, 0.25) is 0 Å². The zero-order chi connectivity index (χ0) is 19.0. The van der Waals surface area contributed by atoms with Crippen LogP contribution in [0.15, 0.2) is 52.3 Å². The first-order valence-electron chi connectivity index (χ1n) is 9.79. The lowest BCUT2D eigenvalue weighted by Crippen LogP contribution is -2.47. The summed E-state index contributed by atoms with van der Waals surface area (Å²) in [5, 5.41) is 9.39. The van der Waals surface area contributed by atoms with Crippen molar-refractivity contribution in [2.24, 2.45) is 5.41 Å². The van der Waals surface area contributed by atoms with Gasteiger partial charge in [0.25, 0.3) is 0 Å². The third kappa shape index (κ3) is 3.72. The second kappa shape index (κ2) is 7.22. The number of nitriles is 1. The Balaban J connectivity index is 1.68. The van der Waals surface area contributed by atoms with Crippen LogP contribution >= 0.6 is 11.8 Å². The van der Waals surface area contributed by atoms with Gasteiger partial charge in [-0.2, -0.15) is 5.26 Å². The standard InChI is InChI=1S/C23H27N3S/c1-17(15-25-12-6-11-23(2,3)16-25)26-19-7-4-5-8-21(19)27-22-10-9-18(14-24)13-20(22)26/h4-5,7-10,13,17H,6,11-12,15-16H2,1-3H3. The highest BCUT2D eigenvalue weighted by atomic mass is 32.2. The molecule has 2 heterocycles. The van der Waals surface area contributed by atoms with Gasteiger partial charge in [-0.15, -0.1) is 0 Å². The highest BCUT2D eigenvalue weighted by Gasteiger charge is 2.31. The van der Waals surface area contributed by atoms with Crippen LogP contribution in [0.4, 0.5) is 11.4 Å². The van der Waals surface area contributed by atoms with E-state index in [1.54, 1.807) is 11.8 Å². The summed E-state index contributed by atoms with van der Waals surface area (Å²) in [5.41, 5.74) is 3.56. The van der Waals surface area contributed by atoms with Crippen LogP contribution in [0.5, 0.6) is 0 Å². The van der Waals surface area contributed by atoms with E-state index < -0.39 is 0 Å². The Labute approximate surface area is 167 Å². The fourth-order valence-electron chi connectivity index (χ4n) is 4.48. The largest absolute Gasteiger partial charge is 0.335 e. The number of benzene rings is 2. The molecule has 1 saturated heterocycles. The van der Waals surface area contributed by atoms with Gasteiger partial charge in [-0.3, -0.25) is 0 Å². The molecule has 0 aliphatic carbocycles. The summed E-state index contributed by atoms with van der Waals surface area (Å²) >= 11 is 1.80. The zero-order valence-corrected chi connectivity index (χ0v) is 17.2. The van der Waals surface area contributed by atoms with E-state index in [1.807, 2.05) is 6.07 Å². The number of para-hydroxylation sites is 1. The average Bonchev–Trinajstić information content (AvgIpc) is 2.64. The smallest absolute Gasteiger partial charge is 0.0992 e. The highest BCUT2D eigenvalue weighted by molar-refractivity contribution is 7.99. The van der Waals surface area contributed by atoms with Crippen molar-refractivity contribution >= 4 is 23.1 Å². The van der Waals surface area contributed by atoms with Gasteiger partial charge in [0, 0.05) is 28.9 Å². The molecule has 1 fully saturated rings. The Kier molecular flexibility index (Phi) is 4.92. The summed E-state index contributed by atoms with van der Waals surface area (Å²) in [5.74, 6) is 0. The van der Waals surface area contributed by atoms with E-state index in [9.17, 15) is 5.26 Å². The van der Waals surface area contributed by atoms with Crippen molar-refractivity contribution in [3.63, 3.8) is 0 Å². The molecule has 4 rings (SSSR count). The molecule has 0 N–H and O–H groups in total. The Morgan fingerprint density at radius 3 is 2.70 bits per heavy atom. The number of rotatable bonds is 3. The van der Waals surface area contributed by atoms with E-state index in [4.69, 9.17) is 0 Å². The number of hydrogen-bond donors (Lipinski definition) is 0. The van der Waals surface area contributed by atoms with Crippen molar-refractivity contribution in [1.29, 1.82) is 5.26 Å². The quantitative estimate of drug-likeness (QED) is 0.689. The van der Waals surface area contributed by atoms with E-state index in [0.29, 0.717) is 11.5 Å². The van der Waals surface area contributed by atoms with E-state index >= 15 is 0 Å². The molecule has 0 aromatic heterocycles. The van der Waals surface area contributed by atoms with Gasteiger partial charge >= 0.3 is 0 Å². The zero-order valence-electron chi connectivity index (χ0n) is 16.4. The van der Waals surface area contributed by atoms with E-state index in [1.165, 1.54) is 40.6 Å². The van der Waals surface area contributed by atoms with Gasteiger partial charge in [0.05, 0.1) is 23.0 Å². The minimum atomic E-state index is 0.341. The lowest BCUT2D eigenvalue weighted by molar-refractivity contribution is 0.113. The van der Waals surface area contributed by atoms with Crippen LogP contribution < -0.4 is 4.90 Å². The van der Waals surface area contributed by atoms with E-state index in [0.717, 1.165) is 18.7 Å². The third-order valence-corrected chi connectivity index (χ3v) is 6.77. The Morgan fingerprint density at radius 2 is 1.93 bits per heavy atom. The van der Waals surface area contributed by atoms with Gasteiger partial charge in [-0.05, 0) is 62.1 Å². The van der Waals surface area contributed by atoms with Crippen molar-refractivity contribution in [2.75, 3.05) is 24.5 Å².